The maximum Gasteiger partial charge on any atom is 0.796 e. The van der Waals surface area contributed by atoms with Crippen molar-refractivity contribution in [2.24, 2.45) is 0 Å². The predicted octanol–water partition coefficient (Wildman–Crippen LogP) is 5.69. The standard InChI is InChI=1S/C18H11BF5NO/c20-18(21,22)14-8-5-13(6-9-14)17(26-19(23)24)11-15-10-7-12-3-1-2-4-16(12)25-15/h1-11H/b17-11+. The van der Waals surface area contributed by atoms with E-state index in [1.807, 2.05) is 12.1 Å². The van der Waals surface area contributed by atoms with E-state index in [0.29, 0.717) is 11.2 Å². The Morgan fingerprint density at radius 1 is 0.923 bits per heavy atom. The van der Waals surface area contributed by atoms with E-state index >= 15 is 0 Å². The Morgan fingerprint density at radius 3 is 2.27 bits per heavy atom. The second kappa shape index (κ2) is 7.15. The average Bonchev–Trinajstić information content (AvgIpc) is 2.60. The number of hydrogen-bond donors (Lipinski definition) is 0. The fraction of sp³-hybridized carbons (Fsp3) is 0.0556. The Kier molecular flexibility index (Phi) is 4.93. The molecule has 3 aromatic rings. The van der Waals surface area contributed by atoms with Gasteiger partial charge in [-0.3, -0.25) is 0 Å². The largest absolute Gasteiger partial charge is 0.796 e. The lowest BCUT2D eigenvalue weighted by Gasteiger charge is -2.11. The van der Waals surface area contributed by atoms with Crippen LogP contribution in [0.1, 0.15) is 16.8 Å². The van der Waals surface area contributed by atoms with Gasteiger partial charge in [-0.15, -0.1) is 0 Å². The number of fused-ring (bicyclic) bond motifs is 1. The number of halogens is 5. The highest BCUT2D eigenvalue weighted by atomic mass is 19.4. The first-order valence-corrected chi connectivity index (χ1v) is 7.53. The van der Waals surface area contributed by atoms with Gasteiger partial charge >= 0.3 is 13.6 Å². The van der Waals surface area contributed by atoms with Crippen LogP contribution >= 0.6 is 0 Å². The van der Waals surface area contributed by atoms with Crippen molar-refractivity contribution in [3.8, 4) is 0 Å². The molecule has 0 atom stereocenters. The lowest BCUT2D eigenvalue weighted by atomic mass is 10.1. The van der Waals surface area contributed by atoms with E-state index in [-0.39, 0.29) is 11.3 Å². The summed E-state index contributed by atoms with van der Waals surface area (Å²) in [6.07, 6.45) is -3.24. The summed E-state index contributed by atoms with van der Waals surface area (Å²) in [5.41, 5.74) is 0.221. The molecule has 8 heteroatoms. The molecule has 3 rings (SSSR count). The molecule has 0 bridgehead atoms. The molecule has 0 saturated heterocycles. The van der Waals surface area contributed by atoms with Crippen LogP contribution in [0.2, 0.25) is 0 Å². The first kappa shape index (κ1) is 17.9. The first-order valence-electron chi connectivity index (χ1n) is 7.53. The molecule has 0 radical (unpaired) electrons. The summed E-state index contributed by atoms with van der Waals surface area (Å²) in [4.78, 5) is 4.32. The number of aromatic nitrogens is 1. The quantitative estimate of drug-likeness (QED) is 0.337. The molecular formula is C18H11BF5NO. The minimum absolute atomic E-state index is 0.0910. The number of nitrogens with zero attached hydrogens (tertiary/aromatic N) is 1. The van der Waals surface area contributed by atoms with Crippen molar-refractivity contribution in [1.82, 2.24) is 4.98 Å². The molecule has 2 nitrogen and oxygen atoms in total. The monoisotopic (exact) mass is 363 g/mol. The van der Waals surface area contributed by atoms with Crippen LogP contribution in [0.5, 0.6) is 0 Å². The number of para-hydroxylation sites is 1. The van der Waals surface area contributed by atoms with Crippen LogP contribution in [0, 0.1) is 0 Å². The van der Waals surface area contributed by atoms with Crippen molar-refractivity contribution in [2.45, 2.75) is 6.18 Å². The average molecular weight is 363 g/mol. The van der Waals surface area contributed by atoms with Gasteiger partial charge in [0.15, 0.2) is 0 Å². The van der Waals surface area contributed by atoms with Gasteiger partial charge in [0, 0.05) is 17.0 Å². The van der Waals surface area contributed by atoms with Crippen molar-refractivity contribution < 1.29 is 26.5 Å². The van der Waals surface area contributed by atoms with E-state index < -0.39 is 19.2 Å². The van der Waals surface area contributed by atoms with Gasteiger partial charge in [-0.05, 0) is 24.3 Å². The topological polar surface area (TPSA) is 22.1 Å². The Bertz CT molecular complexity index is 938. The molecule has 26 heavy (non-hydrogen) atoms. The van der Waals surface area contributed by atoms with Gasteiger partial charge in [0.2, 0.25) is 0 Å². The van der Waals surface area contributed by atoms with Crippen LogP contribution in [0.15, 0.2) is 60.7 Å². The highest BCUT2D eigenvalue weighted by Gasteiger charge is 2.30. The highest BCUT2D eigenvalue weighted by molar-refractivity contribution is 6.36. The second-order valence-electron chi connectivity index (χ2n) is 5.39. The summed E-state index contributed by atoms with van der Waals surface area (Å²) < 4.78 is 67.9. The molecule has 2 aromatic carbocycles. The molecule has 1 heterocycles. The third-order valence-electron chi connectivity index (χ3n) is 3.61. The van der Waals surface area contributed by atoms with E-state index in [1.165, 1.54) is 6.08 Å². The summed E-state index contributed by atoms with van der Waals surface area (Å²) in [6, 6.07) is 14.4. The molecule has 0 aliphatic rings. The van der Waals surface area contributed by atoms with Crippen LogP contribution in [-0.4, -0.2) is 12.5 Å². The smallest absolute Gasteiger partial charge is 0.505 e. The van der Waals surface area contributed by atoms with Crippen LogP contribution in [0.25, 0.3) is 22.7 Å². The summed E-state index contributed by atoms with van der Waals surface area (Å²) >= 11 is 0. The molecule has 0 amide bonds. The zero-order valence-corrected chi connectivity index (χ0v) is 13.2. The minimum Gasteiger partial charge on any atom is -0.505 e. The summed E-state index contributed by atoms with van der Waals surface area (Å²) in [5, 5.41) is 0.871. The van der Waals surface area contributed by atoms with E-state index in [0.717, 1.165) is 29.7 Å². The number of benzene rings is 2. The van der Waals surface area contributed by atoms with Crippen LogP contribution < -0.4 is 0 Å². The van der Waals surface area contributed by atoms with Crippen molar-refractivity contribution in [3.05, 3.63) is 77.5 Å². The molecule has 0 N–H and O–H groups in total. The normalized spacial score (nSPS) is 12.3. The molecule has 1 aromatic heterocycles. The van der Waals surface area contributed by atoms with Gasteiger partial charge in [-0.2, -0.15) is 13.2 Å². The lowest BCUT2D eigenvalue weighted by molar-refractivity contribution is -0.137. The SMILES string of the molecule is FB(F)O/C(=C/c1ccc2ccccc2n1)c1ccc(C(F)(F)F)cc1. The van der Waals surface area contributed by atoms with Crippen molar-refractivity contribution in [2.75, 3.05) is 0 Å². The zero-order valence-electron chi connectivity index (χ0n) is 13.2. The molecule has 0 aliphatic carbocycles. The van der Waals surface area contributed by atoms with Gasteiger partial charge in [0.25, 0.3) is 0 Å². The third kappa shape index (κ3) is 4.19. The maximum atomic E-state index is 12.7. The van der Waals surface area contributed by atoms with E-state index in [9.17, 15) is 21.8 Å². The number of alkyl halides is 3. The molecule has 0 unspecified atom stereocenters. The maximum absolute atomic E-state index is 12.7. The van der Waals surface area contributed by atoms with Gasteiger partial charge < -0.3 is 4.65 Å². The summed E-state index contributed by atoms with van der Waals surface area (Å²) in [6.45, 7) is 0. The Labute approximate surface area is 146 Å². The highest BCUT2D eigenvalue weighted by Crippen LogP contribution is 2.31. The Hall–Kier alpha value is -2.90. The van der Waals surface area contributed by atoms with Gasteiger partial charge in [0.05, 0.1) is 16.8 Å². The zero-order chi connectivity index (χ0) is 18.7. The van der Waals surface area contributed by atoms with Gasteiger partial charge in [-0.25, -0.2) is 13.6 Å². The van der Waals surface area contributed by atoms with E-state index in [1.54, 1.807) is 24.3 Å². The third-order valence-corrected chi connectivity index (χ3v) is 3.61. The molecule has 0 fully saturated rings. The molecular weight excluding hydrogens is 352 g/mol. The molecule has 0 aliphatic heterocycles. The predicted molar refractivity (Wildman–Crippen MR) is 90.1 cm³/mol. The second-order valence-corrected chi connectivity index (χ2v) is 5.39. The fourth-order valence-corrected chi connectivity index (χ4v) is 2.40. The van der Waals surface area contributed by atoms with Gasteiger partial charge in [0.1, 0.15) is 5.76 Å². The molecule has 0 spiro atoms. The number of pyridine rings is 1. The Morgan fingerprint density at radius 2 is 1.62 bits per heavy atom. The lowest BCUT2D eigenvalue weighted by Crippen LogP contribution is -2.06. The van der Waals surface area contributed by atoms with E-state index in [4.69, 9.17) is 0 Å². The number of rotatable bonds is 4. The minimum atomic E-state index is -4.51. The Balaban J connectivity index is 2.00. The van der Waals surface area contributed by atoms with E-state index in [2.05, 4.69) is 9.64 Å². The van der Waals surface area contributed by atoms with Crippen molar-refractivity contribution in [1.29, 1.82) is 0 Å². The van der Waals surface area contributed by atoms with Crippen LogP contribution in [0.3, 0.4) is 0 Å². The summed E-state index contributed by atoms with van der Waals surface area (Å²) in [7, 11) is -3.12. The molecule has 132 valence electrons. The van der Waals surface area contributed by atoms with Crippen LogP contribution in [0.4, 0.5) is 21.8 Å². The summed E-state index contributed by atoms with van der Waals surface area (Å²) in [5.74, 6) is -0.267. The van der Waals surface area contributed by atoms with Gasteiger partial charge in [-0.1, -0.05) is 36.4 Å². The van der Waals surface area contributed by atoms with Crippen molar-refractivity contribution in [3.63, 3.8) is 0 Å². The molecule has 0 saturated carbocycles. The number of hydrogen-bond acceptors (Lipinski definition) is 2. The van der Waals surface area contributed by atoms with Crippen LogP contribution in [-0.2, 0) is 10.8 Å². The fourth-order valence-electron chi connectivity index (χ4n) is 2.40. The van der Waals surface area contributed by atoms with Crippen molar-refractivity contribution >= 4 is 30.2 Å². The first-order chi connectivity index (χ1) is 12.3.